The average molecular weight is 281 g/mol. The maximum absolute atomic E-state index is 6.38. The standard InChI is InChI=1S/C19H23NO/c1-19-9-5-4-7-15(19)14-10-13-12-6-2-3-8-16(12)20-17(13)11-18(14)21-19/h2,4-7,9,11-17,20H,3,8,10H2,1H3/t12?,13?,14?,15?,16-,17?,19-/m1/s1. The molecule has 2 aliphatic heterocycles. The zero-order chi connectivity index (χ0) is 14.0. The van der Waals surface area contributed by atoms with Crippen LogP contribution >= 0.6 is 0 Å². The molecule has 0 amide bonds. The summed E-state index contributed by atoms with van der Waals surface area (Å²) in [7, 11) is 0. The van der Waals surface area contributed by atoms with Crippen LogP contribution in [0.3, 0.4) is 0 Å². The minimum atomic E-state index is -0.119. The molecule has 2 nitrogen and oxygen atoms in total. The van der Waals surface area contributed by atoms with Gasteiger partial charge in [0.2, 0.25) is 0 Å². The second-order valence-electron chi connectivity index (χ2n) is 7.51. The molecule has 110 valence electrons. The molecular weight excluding hydrogens is 258 g/mol. The van der Waals surface area contributed by atoms with Crippen LogP contribution in [0.5, 0.6) is 0 Å². The SMILES string of the molecule is C[C@@]12C=CC=CC1C1CC3C(C=C1O2)N[C@@H]1CCC=CC31. The van der Waals surface area contributed by atoms with Crippen molar-refractivity contribution in [3.8, 4) is 0 Å². The van der Waals surface area contributed by atoms with Crippen LogP contribution in [0.2, 0.25) is 0 Å². The van der Waals surface area contributed by atoms with E-state index in [-0.39, 0.29) is 5.60 Å². The molecule has 3 aliphatic carbocycles. The Kier molecular flexibility index (Phi) is 2.42. The number of hydrogen-bond donors (Lipinski definition) is 1. The number of fused-ring (bicyclic) bond motifs is 6. The minimum absolute atomic E-state index is 0.119. The number of ether oxygens (including phenoxy) is 1. The van der Waals surface area contributed by atoms with Crippen LogP contribution in [0.1, 0.15) is 26.2 Å². The summed E-state index contributed by atoms with van der Waals surface area (Å²) in [6, 6.07) is 1.21. The van der Waals surface area contributed by atoms with Gasteiger partial charge in [-0.25, -0.2) is 0 Å². The maximum Gasteiger partial charge on any atom is 0.131 e. The van der Waals surface area contributed by atoms with Crippen molar-refractivity contribution in [1.29, 1.82) is 0 Å². The molecule has 2 fully saturated rings. The third-order valence-electron chi connectivity index (χ3n) is 6.35. The molecule has 0 aromatic rings. The Morgan fingerprint density at radius 1 is 1.29 bits per heavy atom. The fourth-order valence-corrected chi connectivity index (χ4v) is 5.34. The topological polar surface area (TPSA) is 21.3 Å². The first-order chi connectivity index (χ1) is 10.2. The first-order valence-electron chi connectivity index (χ1n) is 8.44. The molecule has 2 heteroatoms. The Labute approximate surface area is 126 Å². The van der Waals surface area contributed by atoms with Gasteiger partial charge in [0.15, 0.2) is 0 Å². The van der Waals surface area contributed by atoms with E-state index in [0.29, 0.717) is 23.9 Å². The highest BCUT2D eigenvalue weighted by Gasteiger charge is 2.54. The summed E-state index contributed by atoms with van der Waals surface area (Å²) in [4.78, 5) is 0. The van der Waals surface area contributed by atoms with Crippen molar-refractivity contribution in [2.24, 2.45) is 23.7 Å². The van der Waals surface area contributed by atoms with Gasteiger partial charge in [0, 0.05) is 23.9 Å². The first-order valence-corrected chi connectivity index (χ1v) is 8.44. The van der Waals surface area contributed by atoms with E-state index in [1.54, 1.807) is 0 Å². The zero-order valence-corrected chi connectivity index (χ0v) is 12.5. The van der Waals surface area contributed by atoms with E-state index < -0.39 is 0 Å². The number of rotatable bonds is 0. The fourth-order valence-electron chi connectivity index (χ4n) is 5.34. The quantitative estimate of drug-likeness (QED) is 0.688. The Bertz CT molecular complexity index is 586. The lowest BCUT2D eigenvalue weighted by atomic mass is 9.69. The van der Waals surface area contributed by atoms with E-state index >= 15 is 0 Å². The second kappa shape index (κ2) is 4.13. The predicted octanol–water partition coefficient (Wildman–Crippen LogP) is 3.34. The van der Waals surface area contributed by atoms with Gasteiger partial charge >= 0.3 is 0 Å². The van der Waals surface area contributed by atoms with Gasteiger partial charge in [0.25, 0.3) is 0 Å². The molecule has 2 saturated heterocycles. The van der Waals surface area contributed by atoms with Crippen molar-refractivity contribution in [3.63, 3.8) is 0 Å². The van der Waals surface area contributed by atoms with Crippen molar-refractivity contribution in [2.45, 2.75) is 43.9 Å². The number of hydrogen-bond acceptors (Lipinski definition) is 2. The van der Waals surface area contributed by atoms with Gasteiger partial charge in [0.05, 0.1) is 5.76 Å². The molecule has 0 spiro atoms. The van der Waals surface area contributed by atoms with Gasteiger partial charge < -0.3 is 10.1 Å². The lowest BCUT2D eigenvalue weighted by Crippen LogP contribution is -2.35. The number of nitrogens with one attached hydrogen (secondary N) is 1. The molecule has 1 N–H and O–H groups in total. The molecule has 0 bridgehead atoms. The van der Waals surface area contributed by atoms with E-state index in [4.69, 9.17) is 4.74 Å². The largest absolute Gasteiger partial charge is 0.487 e. The van der Waals surface area contributed by atoms with Crippen LogP contribution in [0.25, 0.3) is 0 Å². The van der Waals surface area contributed by atoms with Crippen LogP contribution in [0.15, 0.2) is 48.3 Å². The lowest BCUT2D eigenvalue weighted by Gasteiger charge is -2.32. The summed E-state index contributed by atoms with van der Waals surface area (Å²) in [5, 5.41) is 3.86. The summed E-state index contributed by atoms with van der Waals surface area (Å²) in [5.41, 5.74) is -0.119. The average Bonchev–Trinajstić information content (AvgIpc) is 2.98. The zero-order valence-electron chi connectivity index (χ0n) is 12.5. The normalized spacial score (nSPS) is 52.5. The van der Waals surface area contributed by atoms with E-state index in [1.807, 2.05) is 0 Å². The number of allylic oxidation sites excluding steroid dienone is 4. The molecule has 0 aromatic carbocycles. The highest BCUT2D eigenvalue weighted by molar-refractivity contribution is 5.33. The van der Waals surface area contributed by atoms with E-state index in [9.17, 15) is 0 Å². The van der Waals surface area contributed by atoms with Gasteiger partial charge in [0.1, 0.15) is 5.60 Å². The fraction of sp³-hybridized carbons (Fsp3) is 0.579. The van der Waals surface area contributed by atoms with Crippen molar-refractivity contribution in [3.05, 3.63) is 48.3 Å². The van der Waals surface area contributed by atoms with Crippen molar-refractivity contribution in [1.82, 2.24) is 5.32 Å². The van der Waals surface area contributed by atoms with Crippen LogP contribution in [-0.4, -0.2) is 17.7 Å². The van der Waals surface area contributed by atoms with Gasteiger partial charge in [-0.1, -0.05) is 30.4 Å². The summed E-state index contributed by atoms with van der Waals surface area (Å²) in [6.07, 6.45) is 20.0. The molecule has 0 saturated carbocycles. The Balaban J connectivity index is 1.50. The Morgan fingerprint density at radius 2 is 2.24 bits per heavy atom. The first kappa shape index (κ1) is 12.3. The smallest absolute Gasteiger partial charge is 0.131 e. The Morgan fingerprint density at radius 3 is 3.19 bits per heavy atom. The van der Waals surface area contributed by atoms with Crippen LogP contribution in [-0.2, 0) is 4.74 Å². The van der Waals surface area contributed by atoms with Crippen molar-refractivity contribution in [2.75, 3.05) is 0 Å². The van der Waals surface area contributed by atoms with E-state index in [1.165, 1.54) is 25.0 Å². The summed E-state index contributed by atoms with van der Waals surface area (Å²) < 4.78 is 6.38. The third kappa shape index (κ3) is 1.63. The molecule has 2 heterocycles. The predicted molar refractivity (Wildman–Crippen MR) is 83.5 cm³/mol. The van der Waals surface area contributed by atoms with Crippen LogP contribution in [0.4, 0.5) is 0 Å². The summed E-state index contributed by atoms with van der Waals surface area (Å²) in [5.74, 6) is 3.83. The molecule has 5 aliphatic rings. The van der Waals surface area contributed by atoms with Gasteiger partial charge in [-0.05, 0) is 50.2 Å². The van der Waals surface area contributed by atoms with Gasteiger partial charge in [-0.15, -0.1) is 0 Å². The van der Waals surface area contributed by atoms with E-state index in [0.717, 1.165) is 11.8 Å². The minimum Gasteiger partial charge on any atom is -0.487 e. The van der Waals surface area contributed by atoms with Crippen LogP contribution < -0.4 is 5.32 Å². The molecule has 5 rings (SSSR count). The molecule has 21 heavy (non-hydrogen) atoms. The van der Waals surface area contributed by atoms with Crippen molar-refractivity contribution >= 4 is 0 Å². The molecule has 0 radical (unpaired) electrons. The second-order valence-corrected chi connectivity index (χ2v) is 7.51. The van der Waals surface area contributed by atoms with Crippen molar-refractivity contribution < 1.29 is 4.74 Å². The summed E-state index contributed by atoms with van der Waals surface area (Å²) in [6.45, 7) is 2.24. The molecule has 5 unspecified atom stereocenters. The monoisotopic (exact) mass is 281 g/mol. The summed E-state index contributed by atoms with van der Waals surface area (Å²) >= 11 is 0. The highest BCUT2D eigenvalue weighted by atomic mass is 16.5. The van der Waals surface area contributed by atoms with Gasteiger partial charge in [-0.3, -0.25) is 0 Å². The van der Waals surface area contributed by atoms with Gasteiger partial charge in [-0.2, -0.15) is 0 Å². The van der Waals surface area contributed by atoms with E-state index in [2.05, 4.69) is 54.8 Å². The highest BCUT2D eigenvalue weighted by Crippen LogP contribution is 2.53. The third-order valence-corrected chi connectivity index (χ3v) is 6.35. The molecule has 0 aromatic heterocycles. The molecule has 7 atom stereocenters. The lowest BCUT2D eigenvalue weighted by molar-refractivity contribution is 0.0825. The molecular formula is C19H23NO. The van der Waals surface area contributed by atoms with Crippen LogP contribution in [0, 0.1) is 23.7 Å². The maximum atomic E-state index is 6.38. The Hall–Kier alpha value is -1.28.